The highest BCUT2D eigenvalue weighted by atomic mass is 35.5. The standard InChI is InChI=1S/C16H17ClN4O2S/c1-10-8-11(2)21-15(18-10)14(16(19-21)20(3)4)24(22,23)13-7-5-6-12(17)9-13/h5-9H,1-4H3. The molecule has 0 unspecified atom stereocenters. The summed E-state index contributed by atoms with van der Waals surface area (Å²) in [7, 11) is -0.324. The van der Waals surface area contributed by atoms with Crippen LogP contribution in [-0.2, 0) is 9.84 Å². The highest BCUT2D eigenvalue weighted by Gasteiger charge is 2.30. The van der Waals surface area contributed by atoms with Gasteiger partial charge >= 0.3 is 0 Å². The molecule has 2 heterocycles. The molecule has 24 heavy (non-hydrogen) atoms. The van der Waals surface area contributed by atoms with E-state index in [4.69, 9.17) is 11.6 Å². The van der Waals surface area contributed by atoms with Crippen molar-refractivity contribution < 1.29 is 8.42 Å². The van der Waals surface area contributed by atoms with Gasteiger partial charge in [0, 0.05) is 30.5 Å². The number of fused-ring (bicyclic) bond motifs is 1. The van der Waals surface area contributed by atoms with Crippen LogP contribution in [-0.4, -0.2) is 37.1 Å². The van der Waals surface area contributed by atoms with Crippen LogP contribution in [0.2, 0.25) is 5.02 Å². The summed E-state index contributed by atoms with van der Waals surface area (Å²) in [6, 6.07) is 8.06. The largest absolute Gasteiger partial charge is 0.360 e. The molecule has 0 aliphatic carbocycles. The van der Waals surface area contributed by atoms with Gasteiger partial charge in [0.2, 0.25) is 9.84 Å². The molecular formula is C16H17ClN4O2S. The van der Waals surface area contributed by atoms with Crippen LogP contribution in [0.25, 0.3) is 5.65 Å². The van der Waals surface area contributed by atoms with Gasteiger partial charge in [-0.2, -0.15) is 0 Å². The number of aryl methyl sites for hydroxylation is 2. The Labute approximate surface area is 145 Å². The monoisotopic (exact) mass is 364 g/mol. The fraction of sp³-hybridized carbons (Fsp3) is 0.250. The first-order valence-corrected chi connectivity index (χ1v) is 9.13. The van der Waals surface area contributed by atoms with Gasteiger partial charge < -0.3 is 4.90 Å². The molecule has 0 aliphatic heterocycles. The van der Waals surface area contributed by atoms with E-state index in [1.165, 1.54) is 12.1 Å². The average Bonchev–Trinajstić information content (AvgIpc) is 2.87. The highest BCUT2D eigenvalue weighted by molar-refractivity contribution is 7.91. The molecule has 3 aromatic rings. The second-order valence-electron chi connectivity index (χ2n) is 5.78. The van der Waals surface area contributed by atoms with Crippen LogP contribution in [0.1, 0.15) is 11.4 Å². The molecule has 0 N–H and O–H groups in total. The third-order valence-corrected chi connectivity index (χ3v) is 5.65. The topological polar surface area (TPSA) is 67.6 Å². The van der Waals surface area contributed by atoms with Crippen molar-refractivity contribution in [2.24, 2.45) is 0 Å². The van der Waals surface area contributed by atoms with Crippen LogP contribution in [0.15, 0.2) is 40.1 Å². The van der Waals surface area contributed by atoms with Crippen molar-refractivity contribution in [2.45, 2.75) is 23.6 Å². The Hall–Kier alpha value is -2.12. The first-order valence-electron chi connectivity index (χ1n) is 7.27. The zero-order chi connectivity index (χ0) is 17.6. The lowest BCUT2D eigenvalue weighted by atomic mass is 10.3. The van der Waals surface area contributed by atoms with Crippen molar-refractivity contribution in [3.8, 4) is 0 Å². The smallest absolute Gasteiger partial charge is 0.214 e. The van der Waals surface area contributed by atoms with Crippen LogP contribution in [0.3, 0.4) is 0 Å². The molecule has 0 fully saturated rings. The van der Waals surface area contributed by atoms with Gasteiger partial charge in [0.15, 0.2) is 16.4 Å². The summed E-state index contributed by atoms with van der Waals surface area (Å²) in [6.45, 7) is 3.69. The summed E-state index contributed by atoms with van der Waals surface area (Å²) in [5.74, 6) is 0.344. The maximum absolute atomic E-state index is 13.2. The molecule has 6 nitrogen and oxygen atoms in total. The second kappa shape index (κ2) is 5.75. The molecule has 0 amide bonds. The Morgan fingerprint density at radius 1 is 1.17 bits per heavy atom. The van der Waals surface area contributed by atoms with Crippen molar-refractivity contribution in [1.29, 1.82) is 0 Å². The zero-order valence-electron chi connectivity index (χ0n) is 13.8. The number of hydrogen-bond donors (Lipinski definition) is 0. The maximum atomic E-state index is 13.2. The van der Waals surface area contributed by atoms with Crippen molar-refractivity contribution in [3.05, 3.63) is 46.7 Å². The number of anilines is 1. The predicted molar refractivity (Wildman–Crippen MR) is 93.7 cm³/mol. The molecule has 1 aromatic carbocycles. The summed E-state index contributed by atoms with van der Waals surface area (Å²) in [6.07, 6.45) is 0. The van der Waals surface area contributed by atoms with Crippen LogP contribution >= 0.6 is 11.6 Å². The fourth-order valence-electron chi connectivity index (χ4n) is 2.58. The summed E-state index contributed by atoms with van der Waals surface area (Å²) < 4.78 is 28.0. The lowest BCUT2D eigenvalue weighted by Crippen LogP contribution is -2.14. The Balaban J connectivity index is 2.42. The molecule has 0 saturated heterocycles. The molecule has 0 atom stereocenters. The molecule has 0 bridgehead atoms. The zero-order valence-corrected chi connectivity index (χ0v) is 15.4. The number of nitrogens with zero attached hydrogens (tertiary/aromatic N) is 4. The Morgan fingerprint density at radius 3 is 2.50 bits per heavy atom. The molecule has 2 aromatic heterocycles. The third-order valence-electron chi connectivity index (χ3n) is 3.63. The summed E-state index contributed by atoms with van der Waals surface area (Å²) in [5, 5.41) is 4.80. The molecule has 0 radical (unpaired) electrons. The normalized spacial score (nSPS) is 11.9. The second-order valence-corrected chi connectivity index (χ2v) is 8.11. The van der Waals surface area contributed by atoms with E-state index in [1.807, 2.05) is 19.9 Å². The molecule has 126 valence electrons. The molecular weight excluding hydrogens is 348 g/mol. The van der Waals surface area contributed by atoms with E-state index in [-0.39, 0.29) is 9.79 Å². The van der Waals surface area contributed by atoms with Gasteiger partial charge in [0.05, 0.1) is 4.90 Å². The van der Waals surface area contributed by atoms with E-state index in [0.717, 1.165) is 11.4 Å². The highest BCUT2D eigenvalue weighted by Crippen LogP contribution is 2.33. The predicted octanol–water partition coefficient (Wildman–Crippen LogP) is 2.90. The van der Waals surface area contributed by atoms with E-state index >= 15 is 0 Å². The molecule has 3 rings (SSSR count). The number of benzene rings is 1. The van der Waals surface area contributed by atoms with Crippen molar-refractivity contribution in [1.82, 2.24) is 14.6 Å². The first-order chi connectivity index (χ1) is 11.2. The van der Waals surface area contributed by atoms with Gasteiger partial charge in [-0.05, 0) is 38.1 Å². The molecule has 0 spiro atoms. The number of sulfone groups is 1. The van der Waals surface area contributed by atoms with Gasteiger partial charge in [0.25, 0.3) is 0 Å². The van der Waals surface area contributed by atoms with E-state index < -0.39 is 9.84 Å². The van der Waals surface area contributed by atoms with Crippen LogP contribution in [0.5, 0.6) is 0 Å². The van der Waals surface area contributed by atoms with E-state index in [0.29, 0.717) is 16.5 Å². The number of hydrogen-bond acceptors (Lipinski definition) is 5. The van der Waals surface area contributed by atoms with E-state index in [1.54, 1.807) is 35.6 Å². The van der Waals surface area contributed by atoms with Gasteiger partial charge in [-0.25, -0.2) is 17.9 Å². The average molecular weight is 365 g/mol. The molecule has 8 heteroatoms. The minimum atomic E-state index is -3.83. The minimum Gasteiger partial charge on any atom is -0.360 e. The minimum absolute atomic E-state index is 0.0848. The van der Waals surface area contributed by atoms with Crippen molar-refractivity contribution >= 4 is 32.9 Å². The van der Waals surface area contributed by atoms with E-state index in [2.05, 4.69) is 10.1 Å². The molecule has 0 aliphatic rings. The lowest BCUT2D eigenvalue weighted by molar-refractivity contribution is 0.596. The van der Waals surface area contributed by atoms with E-state index in [9.17, 15) is 8.42 Å². The van der Waals surface area contributed by atoms with Gasteiger partial charge in [-0.1, -0.05) is 17.7 Å². The number of rotatable bonds is 3. The summed E-state index contributed by atoms with van der Waals surface area (Å²) in [5.41, 5.74) is 1.86. The number of aromatic nitrogens is 3. The van der Waals surface area contributed by atoms with Gasteiger partial charge in [0.1, 0.15) is 0 Å². The van der Waals surface area contributed by atoms with Crippen LogP contribution in [0, 0.1) is 13.8 Å². The summed E-state index contributed by atoms with van der Waals surface area (Å²) >= 11 is 5.97. The Kier molecular flexibility index (Phi) is 4.01. The summed E-state index contributed by atoms with van der Waals surface area (Å²) in [4.78, 5) is 6.29. The van der Waals surface area contributed by atoms with Crippen LogP contribution < -0.4 is 4.90 Å². The quantitative estimate of drug-likeness (QED) is 0.714. The SMILES string of the molecule is Cc1cc(C)n2nc(N(C)C)c(S(=O)(=O)c3cccc(Cl)c3)c2n1. The van der Waals surface area contributed by atoms with Gasteiger partial charge in [-0.15, -0.1) is 5.10 Å². The van der Waals surface area contributed by atoms with Crippen molar-refractivity contribution in [2.75, 3.05) is 19.0 Å². The first kappa shape index (κ1) is 16.7. The van der Waals surface area contributed by atoms with Gasteiger partial charge in [-0.3, -0.25) is 0 Å². The third kappa shape index (κ3) is 2.63. The lowest BCUT2D eigenvalue weighted by Gasteiger charge is -2.11. The fourth-order valence-corrected chi connectivity index (χ4v) is 4.44. The Morgan fingerprint density at radius 2 is 1.88 bits per heavy atom. The maximum Gasteiger partial charge on any atom is 0.214 e. The van der Waals surface area contributed by atoms with Crippen LogP contribution in [0.4, 0.5) is 5.82 Å². The number of halogens is 1. The van der Waals surface area contributed by atoms with Crippen molar-refractivity contribution in [3.63, 3.8) is 0 Å². The molecule has 0 saturated carbocycles. The Bertz CT molecular complexity index is 1040.